The predicted molar refractivity (Wildman–Crippen MR) is 94.5 cm³/mol. The van der Waals surface area contributed by atoms with Crippen LogP contribution in [0.1, 0.15) is 25.0 Å². The molecule has 1 aromatic carbocycles. The molecule has 132 valence electrons. The third-order valence-corrected chi connectivity index (χ3v) is 4.14. The lowest BCUT2D eigenvalue weighted by Gasteiger charge is -2.17. The lowest BCUT2D eigenvalue weighted by atomic mass is 10.2. The van der Waals surface area contributed by atoms with Gasteiger partial charge < -0.3 is 14.8 Å². The normalized spacial score (nSPS) is 12.2. The summed E-state index contributed by atoms with van der Waals surface area (Å²) in [6.45, 7) is 2.93. The number of anilines is 1. The van der Waals surface area contributed by atoms with E-state index in [0.717, 1.165) is 0 Å². The maximum absolute atomic E-state index is 12.1. The number of carbonyl (C=O) groups excluding carboxylic acids is 2. The van der Waals surface area contributed by atoms with Crippen molar-refractivity contribution < 1.29 is 19.1 Å². The van der Waals surface area contributed by atoms with E-state index in [0.29, 0.717) is 21.9 Å². The van der Waals surface area contributed by atoms with Crippen LogP contribution in [0.2, 0.25) is 0 Å². The molecule has 8 heteroatoms. The number of carbonyl (C=O) groups is 2. The molecule has 26 heavy (non-hydrogen) atoms. The predicted octanol–water partition coefficient (Wildman–Crippen LogP) is 2.83. The summed E-state index contributed by atoms with van der Waals surface area (Å²) >= 11 is 1.21. The average Bonchev–Trinajstić information content (AvgIpc) is 3.09. The highest BCUT2D eigenvalue weighted by Crippen LogP contribution is 2.22. The van der Waals surface area contributed by atoms with E-state index in [4.69, 9.17) is 20.0 Å². The second-order valence-electron chi connectivity index (χ2n) is 5.24. The fourth-order valence-electron chi connectivity index (χ4n) is 1.89. The number of rotatable bonds is 6. The molecular weight excluding hydrogens is 354 g/mol. The highest BCUT2D eigenvalue weighted by atomic mass is 32.1. The fourth-order valence-corrected chi connectivity index (χ4v) is 2.63. The van der Waals surface area contributed by atoms with E-state index in [1.54, 1.807) is 35.7 Å². The van der Waals surface area contributed by atoms with Gasteiger partial charge in [-0.15, -0.1) is 11.3 Å². The van der Waals surface area contributed by atoms with Crippen molar-refractivity contribution in [3.63, 3.8) is 0 Å². The smallest absolute Gasteiger partial charge is 0.347 e. The topological polar surface area (TPSA) is 112 Å². The van der Waals surface area contributed by atoms with Crippen molar-refractivity contribution in [1.82, 2.24) is 0 Å². The van der Waals surface area contributed by atoms with Gasteiger partial charge in [0, 0.05) is 0 Å². The van der Waals surface area contributed by atoms with Crippen LogP contribution in [-0.4, -0.2) is 24.1 Å². The number of esters is 1. The Morgan fingerprint density at radius 2 is 1.77 bits per heavy atom. The summed E-state index contributed by atoms with van der Waals surface area (Å²) in [5.74, 6) is -0.839. The number of nitriles is 2. The molecule has 0 unspecified atom stereocenters. The zero-order chi connectivity index (χ0) is 19.1. The van der Waals surface area contributed by atoms with E-state index in [-0.39, 0.29) is 0 Å². The number of benzene rings is 1. The molecule has 1 aromatic heterocycles. The summed E-state index contributed by atoms with van der Waals surface area (Å²) in [5, 5.41) is 22.3. The summed E-state index contributed by atoms with van der Waals surface area (Å²) < 4.78 is 10.5. The number of hydrogen-bond donors (Lipinski definition) is 1. The molecular formula is C18H15N3O4S. The molecule has 0 aliphatic heterocycles. The first-order valence-electron chi connectivity index (χ1n) is 7.60. The minimum absolute atomic E-state index is 0.347. The molecule has 2 rings (SSSR count). The van der Waals surface area contributed by atoms with E-state index < -0.39 is 24.1 Å². The zero-order valence-electron chi connectivity index (χ0n) is 14.1. The lowest BCUT2D eigenvalue weighted by molar-refractivity contribution is -0.159. The Balaban J connectivity index is 1.89. The minimum atomic E-state index is -1.05. The van der Waals surface area contributed by atoms with Crippen LogP contribution in [0.4, 0.5) is 5.00 Å². The molecule has 0 spiro atoms. The van der Waals surface area contributed by atoms with E-state index >= 15 is 0 Å². The number of ether oxygens (including phenoxy) is 2. The standard InChI is InChI=1S/C18H15N3O4S/c1-11(16(22)21-17-14(10-20)7-8-26-17)25-18(23)12(2)24-15-5-3-13(9-19)4-6-15/h3-8,11-12H,1-2H3,(H,21,22)/t11-,12-/m1/s1. The largest absolute Gasteiger partial charge is 0.479 e. The van der Waals surface area contributed by atoms with Crippen molar-refractivity contribution in [1.29, 1.82) is 10.5 Å². The number of nitrogens with zero attached hydrogens (tertiary/aromatic N) is 2. The average molecular weight is 369 g/mol. The molecule has 2 atom stereocenters. The first kappa shape index (κ1) is 19.0. The van der Waals surface area contributed by atoms with Crippen LogP contribution in [0.15, 0.2) is 35.7 Å². The van der Waals surface area contributed by atoms with E-state index in [2.05, 4.69) is 5.32 Å². The molecule has 7 nitrogen and oxygen atoms in total. The van der Waals surface area contributed by atoms with Gasteiger partial charge in [0.05, 0.1) is 17.2 Å². The number of nitrogens with one attached hydrogen (secondary N) is 1. The van der Waals surface area contributed by atoms with Gasteiger partial charge in [-0.1, -0.05) is 0 Å². The third kappa shape index (κ3) is 4.82. The molecule has 1 N–H and O–H groups in total. The van der Waals surface area contributed by atoms with Gasteiger partial charge >= 0.3 is 5.97 Å². The van der Waals surface area contributed by atoms with Crippen LogP contribution >= 0.6 is 11.3 Å². The van der Waals surface area contributed by atoms with Gasteiger partial charge in [-0.05, 0) is 49.6 Å². The Hall–Kier alpha value is -3.36. The molecule has 1 amide bonds. The molecule has 0 aliphatic rings. The maximum atomic E-state index is 12.1. The molecule has 0 fully saturated rings. The van der Waals surface area contributed by atoms with Crippen LogP contribution in [0.3, 0.4) is 0 Å². The summed E-state index contributed by atoms with van der Waals surface area (Å²) in [6.07, 6.45) is -1.99. The van der Waals surface area contributed by atoms with Crippen molar-refractivity contribution >= 4 is 28.2 Å². The molecule has 0 saturated carbocycles. The van der Waals surface area contributed by atoms with Gasteiger partial charge in [0.1, 0.15) is 16.8 Å². The van der Waals surface area contributed by atoms with Crippen LogP contribution in [-0.2, 0) is 14.3 Å². The van der Waals surface area contributed by atoms with Gasteiger partial charge in [0.2, 0.25) is 0 Å². The van der Waals surface area contributed by atoms with Crippen LogP contribution in [0.25, 0.3) is 0 Å². The molecule has 0 radical (unpaired) electrons. The Morgan fingerprint density at radius 3 is 2.38 bits per heavy atom. The van der Waals surface area contributed by atoms with Crippen molar-refractivity contribution in [3.8, 4) is 17.9 Å². The van der Waals surface area contributed by atoms with Crippen LogP contribution in [0.5, 0.6) is 5.75 Å². The quantitative estimate of drug-likeness (QED) is 0.784. The van der Waals surface area contributed by atoms with Gasteiger partial charge in [-0.25, -0.2) is 4.79 Å². The molecule has 0 saturated heterocycles. The van der Waals surface area contributed by atoms with Crippen molar-refractivity contribution in [2.24, 2.45) is 0 Å². The minimum Gasteiger partial charge on any atom is -0.479 e. The monoisotopic (exact) mass is 369 g/mol. The van der Waals surface area contributed by atoms with Gasteiger partial charge in [-0.3, -0.25) is 4.79 Å². The Bertz CT molecular complexity index is 877. The lowest BCUT2D eigenvalue weighted by Crippen LogP contribution is -2.35. The Kier molecular flexibility index (Phi) is 6.31. The zero-order valence-corrected chi connectivity index (χ0v) is 14.9. The van der Waals surface area contributed by atoms with Crippen molar-refractivity contribution in [3.05, 3.63) is 46.8 Å². The molecule has 2 aromatic rings. The van der Waals surface area contributed by atoms with Crippen LogP contribution < -0.4 is 10.1 Å². The highest BCUT2D eigenvalue weighted by Gasteiger charge is 2.24. The first-order chi connectivity index (χ1) is 12.4. The van der Waals surface area contributed by atoms with Crippen molar-refractivity contribution in [2.45, 2.75) is 26.1 Å². The summed E-state index contributed by atoms with van der Waals surface area (Å²) in [5.41, 5.74) is 0.822. The van der Waals surface area contributed by atoms with E-state index in [9.17, 15) is 9.59 Å². The Labute approximate surface area is 154 Å². The number of amides is 1. The van der Waals surface area contributed by atoms with Gasteiger partial charge in [0.25, 0.3) is 5.91 Å². The van der Waals surface area contributed by atoms with E-state index in [1.165, 1.54) is 25.2 Å². The van der Waals surface area contributed by atoms with Crippen molar-refractivity contribution in [2.75, 3.05) is 5.32 Å². The number of thiophene rings is 1. The molecule has 0 aliphatic carbocycles. The highest BCUT2D eigenvalue weighted by molar-refractivity contribution is 7.14. The SMILES string of the molecule is C[C@@H](OC(=O)[C@@H](C)Oc1ccc(C#N)cc1)C(=O)Nc1sccc1C#N. The Morgan fingerprint density at radius 1 is 1.08 bits per heavy atom. The summed E-state index contributed by atoms with van der Waals surface area (Å²) in [6, 6.07) is 11.8. The molecule has 1 heterocycles. The summed E-state index contributed by atoms with van der Waals surface area (Å²) in [4.78, 5) is 24.2. The van der Waals surface area contributed by atoms with Gasteiger partial charge in [0.15, 0.2) is 12.2 Å². The second-order valence-corrected chi connectivity index (χ2v) is 6.16. The first-order valence-corrected chi connectivity index (χ1v) is 8.48. The third-order valence-electron chi connectivity index (χ3n) is 3.31. The fraction of sp³-hybridized carbons (Fsp3) is 0.222. The second kappa shape index (κ2) is 8.65. The number of hydrogen-bond acceptors (Lipinski definition) is 7. The van der Waals surface area contributed by atoms with E-state index in [1.807, 2.05) is 12.1 Å². The molecule has 0 bridgehead atoms. The van der Waals surface area contributed by atoms with Crippen LogP contribution in [0, 0.1) is 22.7 Å². The summed E-state index contributed by atoms with van der Waals surface area (Å²) in [7, 11) is 0. The van der Waals surface area contributed by atoms with Gasteiger partial charge in [-0.2, -0.15) is 10.5 Å². The maximum Gasteiger partial charge on any atom is 0.347 e.